The van der Waals surface area contributed by atoms with E-state index in [0.717, 1.165) is 19.4 Å². The molecule has 1 aliphatic rings. The zero-order valence-corrected chi connectivity index (χ0v) is 10.3. The van der Waals surface area contributed by atoms with Gasteiger partial charge < -0.3 is 20.3 Å². The first-order valence-corrected chi connectivity index (χ1v) is 5.94. The maximum atomic E-state index is 11.8. The van der Waals surface area contributed by atoms with Crippen molar-refractivity contribution in [2.24, 2.45) is 0 Å². The van der Waals surface area contributed by atoms with E-state index >= 15 is 0 Å². The van der Waals surface area contributed by atoms with Crippen molar-refractivity contribution in [2.45, 2.75) is 25.4 Å². The summed E-state index contributed by atoms with van der Waals surface area (Å²) in [6, 6.07) is 3.99. The van der Waals surface area contributed by atoms with Crippen LogP contribution in [-0.2, 0) is 4.74 Å². The molecule has 1 aromatic rings. The Hall–Kier alpha value is -1.75. The van der Waals surface area contributed by atoms with E-state index in [9.17, 15) is 9.90 Å². The van der Waals surface area contributed by atoms with E-state index in [1.807, 2.05) is 6.92 Å². The molecule has 0 saturated carbocycles. The number of amides is 1. The predicted octanol–water partition coefficient (Wildman–Crippen LogP) is 1.40. The molecule has 3 N–H and O–H groups in total. The molecule has 1 unspecified atom stereocenters. The van der Waals surface area contributed by atoms with E-state index in [2.05, 4.69) is 5.32 Å². The van der Waals surface area contributed by atoms with Crippen molar-refractivity contribution >= 4 is 5.91 Å². The molecule has 1 saturated heterocycles. The van der Waals surface area contributed by atoms with Crippen LogP contribution in [0.5, 0.6) is 11.5 Å². The van der Waals surface area contributed by atoms with Gasteiger partial charge >= 0.3 is 0 Å². The second kappa shape index (κ2) is 4.86. The molecule has 0 bridgehead atoms. The number of hydrogen-bond donors (Lipinski definition) is 3. The fraction of sp³-hybridized carbons (Fsp3) is 0.462. The van der Waals surface area contributed by atoms with Gasteiger partial charge in [0, 0.05) is 18.7 Å². The van der Waals surface area contributed by atoms with Gasteiger partial charge in [-0.2, -0.15) is 0 Å². The molecule has 1 atom stereocenters. The quantitative estimate of drug-likeness (QED) is 0.709. The summed E-state index contributed by atoms with van der Waals surface area (Å²) in [5.41, 5.74) is 0.0149. The van der Waals surface area contributed by atoms with Crippen molar-refractivity contribution in [3.05, 3.63) is 23.8 Å². The Bertz CT molecular complexity index is 452. The van der Waals surface area contributed by atoms with Crippen LogP contribution in [0.1, 0.15) is 30.1 Å². The summed E-state index contributed by atoms with van der Waals surface area (Å²) in [6.45, 7) is 3.13. The topological polar surface area (TPSA) is 78.8 Å². The molecule has 5 heteroatoms. The first-order chi connectivity index (χ1) is 8.50. The summed E-state index contributed by atoms with van der Waals surface area (Å²) in [7, 11) is 0. The summed E-state index contributed by atoms with van der Waals surface area (Å²) in [6.07, 6.45) is 1.93. The third-order valence-electron chi connectivity index (χ3n) is 3.16. The Morgan fingerprint density at radius 1 is 1.44 bits per heavy atom. The molecule has 0 aromatic heterocycles. The standard InChI is InChI=1S/C13H17NO4/c1-13(5-2-6-18-13)8-14-12(17)9-3-4-10(15)11(16)7-9/h3-4,7,15-16H,2,5-6,8H2,1H3,(H,14,17). The lowest BCUT2D eigenvalue weighted by Gasteiger charge is -2.23. The van der Waals surface area contributed by atoms with E-state index in [1.54, 1.807) is 0 Å². The summed E-state index contributed by atoms with van der Waals surface area (Å²) in [4.78, 5) is 11.8. The molecule has 0 spiro atoms. The second-order valence-corrected chi connectivity index (χ2v) is 4.79. The van der Waals surface area contributed by atoms with Gasteiger partial charge in [-0.05, 0) is 38.0 Å². The number of aromatic hydroxyl groups is 2. The number of carbonyl (C=O) groups is 1. The van der Waals surface area contributed by atoms with E-state index in [0.29, 0.717) is 12.1 Å². The maximum absolute atomic E-state index is 11.8. The number of benzene rings is 1. The molecule has 18 heavy (non-hydrogen) atoms. The number of phenolic OH excluding ortho intramolecular Hbond substituents is 2. The van der Waals surface area contributed by atoms with Crippen molar-refractivity contribution in [3.8, 4) is 11.5 Å². The highest BCUT2D eigenvalue weighted by atomic mass is 16.5. The average Bonchev–Trinajstić information content (AvgIpc) is 2.77. The van der Waals surface area contributed by atoms with Crippen LogP contribution in [0.25, 0.3) is 0 Å². The molecular weight excluding hydrogens is 234 g/mol. The molecule has 1 aliphatic heterocycles. The minimum absolute atomic E-state index is 0.238. The highest BCUT2D eigenvalue weighted by molar-refractivity contribution is 5.94. The number of nitrogens with one attached hydrogen (secondary N) is 1. The number of hydrogen-bond acceptors (Lipinski definition) is 4. The predicted molar refractivity (Wildman–Crippen MR) is 65.7 cm³/mol. The number of ether oxygens (including phenoxy) is 1. The molecule has 1 amide bonds. The monoisotopic (exact) mass is 251 g/mol. The Kier molecular flexibility index (Phi) is 3.43. The van der Waals surface area contributed by atoms with Crippen molar-refractivity contribution in [1.29, 1.82) is 0 Å². The Balaban J connectivity index is 1.97. The van der Waals surface area contributed by atoms with Crippen molar-refractivity contribution in [3.63, 3.8) is 0 Å². The summed E-state index contributed by atoms with van der Waals surface area (Å²) in [5, 5.41) is 21.3. The minimum atomic E-state index is -0.300. The van der Waals surface area contributed by atoms with E-state index in [4.69, 9.17) is 9.84 Å². The number of carbonyl (C=O) groups excluding carboxylic acids is 1. The molecular formula is C13H17NO4. The molecule has 5 nitrogen and oxygen atoms in total. The second-order valence-electron chi connectivity index (χ2n) is 4.79. The fourth-order valence-corrected chi connectivity index (χ4v) is 2.01. The summed E-state index contributed by atoms with van der Waals surface area (Å²) >= 11 is 0. The van der Waals surface area contributed by atoms with Gasteiger partial charge in [0.05, 0.1) is 5.60 Å². The first kappa shape index (κ1) is 12.7. The number of phenols is 2. The lowest BCUT2D eigenvalue weighted by atomic mass is 10.0. The van der Waals surface area contributed by atoms with Gasteiger partial charge in [0.1, 0.15) is 0 Å². The number of rotatable bonds is 3. The third-order valence-corrected chi connectivity index (χ3v) is 3.16. The Morgan fingerprint density at radius 3 is 2.83 bits per heavy atom. The lowest BCUT2D eigenvalue weighted by molar-refractivity contribution is 0.0206. The van der Waals surface area contributed by atoms with Crippen LogP contribution in [0.4, 0.5) is 0 Å². The van der Waals surface area contributed by atoms with Crippen LogP contribution >= 0.6 is 0 Å². The minimum Gasteiger partial charge on any atom is -0.504 e. The molecule has 0 aliphatic carbocycles. The Morgan fingerprint density at radius 2 is 2.22 bits per heavy atom. The SMILES string of the molecule is CC1(CNC(=O)c2ccc(O)c(O)c2)CCCO1. The van der Waals surface area contributed by atoms with Crippen LogP contribution in [0.15, 0.2) is 18.2 Å². The highest BCUT2D eigenvalue weighted by Crippen LogP contribution is 2.26. The van der Waals surface area contributed by atoms with Crippen LogP contribution in [0.2, 0.25) is 0 Å². The average molecular weight is 251 g/mol. The summed E-state index contributed by atoms with van der Waals surface area (Å²) in [5.74, 6) is -0.828. The maximum Gasteiger partial charge on any atom is 0.251 e. The van der Waals surface area contributed by atoms with Crippen molar-refractivity contribution in [1.82, 2.24) is 5.32 Å². The summed E-state index contributed by atoms with van der Waals surface area (Å²) < 4.78 is 5.57. The fourth-order valence-electron chi connectivity index (χ4n) is 2.01. The molecule has 1 fully saturated rings. The highest BCUT2D eigenvalue weighted by Gasteiger charge is 2.30. The van der Waals surface area contributed by atoms with E-state index in [1.165, 1.54) is 18.2 Å². The van der Waals surface area contributed by atoms with Crippen LogP contribution in [0.3, 0.4) is 0 Å². The largest absolute Gasteiger partial charge is 0.504 e. The van der Waals surface area contributed by atoms with Gasteiger partial charge in [0.15, 0.2) is 11.5 Å². The van der Waals surface area contributed by atoms with Crippen molar-refractivity contribution < 1.29 is 19.7 Å². The van der Waals surface area contributed by atoms with Gasteiger partial charge in [-0.1, -0.05) is 0 Å². The van der Waals surface area contributed by atoms with Crippen LogP contribution in [-0.4, -0.2) is 34.9 Å². The zero-order valence-electron chi connectivity index (χ0n) is 10.3. The molecule has 0 radical (unpaired) electrons. The molecule has 1 aromatic carbocycles. The van der Waals surface area contributed by atoms with Gasteiger partial charge in [-0.3, -0.25) is 4.79 Å². The molecule has 1 heterocycles. The van der Waals surface area contributed by atoms with Crippen LogP contribution in [0, 0.1) is 0 Å². The van der Waals surface area contributed by atoms with E-state index in [-0.39, 0.29) is 23.0 Å². The van der Waals surface area contributed by atoms with Gasteiger partial charge in [0.2, 0.25) is 0 Å². The Labute approximate surface area is 105 Å². The van der Waals surface area contributed by atoms with Crippen molar-refractivity contribution in [2.75, 3.05) is 13.2 Å². The van der Waals surface area contributed by atoms with Crippen LogP contribution < -0.4 is 5.32 Å². The smallest absolute Gasteiger partial charge is 0.251 e. The molecule has 98 valence electrons. The van der Waals surface area contributed by atoms with Gasteiger partial charge in [0.25, 0.3) is 5.91 Å². The van der Waals surface area contributed by atoms with Gasteiger partial charge in [-0.15, -0.1) is 0 Å². The van der Waals surface area contributed by atoms with Gasteiger partial charge in [-0.25, -0.2) is 0 Å². The lowest BCUT2D eigenvalue weighted by Crippen LogP contribution is -2.40. The molecule has 2 rings (SSSR count). The third kappa shape index (κ3) is 2.73. The van der Waals surface area contributed by atoms with E-state index < -0.39 is 0 Å². The first-order valence-electron chi connectivity index (χ1n) is 5.94. The zero-order chi connectivity index (χ0) is 13.2. The normalized spacial score (nSPS) is 22.9.